The maximum Gasteiger partial charge on any atom is 0.304 e. The lowest BCUT2D eigenvalue weighted by Crippen LogP contribution is -1.80. The van der Waals surface area contributed by atoms with Gasteiger partial charge in [-0.05, 0) is 12.1 Å². The van der Waals surface area contributed by atoms with Gasteiger partial charge in [0.25, 0.3) is 0 Å². The molecule has 0 aliphatic rings. The predicted octanol–water partition coefficient (Wildman–Crippen LogP) is 2.60. The SMILES string of the molecule is COc1ccc2nc(NI)oc2c1. The fourth-order valence-electron chi connectivity index (χ4n) is 1.07. The molecule has 1 aromatic heterocycles. The number of ether oxygens (including phenoxy) is 1. The zero-order valence-electron chi connectivity index (χ0n) is 6.87. The van der Waals surface area contributed by atoms with Crippen LogP contribution >= 0.6 is 22.9 Å². The van der Waals surface area contributed by atoms with Crippen LogP contribution in [0.15, 0.2) is 22.6 Å². The number of aromatic nitrogens is 1. The number of oxazole rings is 1. The van der Waals surface area contributed by atoms with Crippen molar-refractivity contribution in [3.63, 3.8) is 0 Å². The number of hydrogen-bond acceptors (Lipinski definition) is 4. The number of rotatable bonds is 2. The lowest BCUT2D eigenvalue weighted by Gasteiger charge is -1.95. The van der Waals surface area contributed by atoms with Gasteiger partial charge in [-0.2, -0.15) is 4.98 Å². The normalized spacial score (nSPS) is 10.3. The molecule has 2 aromatic rings. The second-order valence-corrected chi connectivity index (χ2v) is 2.99. The summed E-state index contributed by atoms with van der Waals surface area (Å²) in [7, 11) is 1.62. The molecule has 2 rings (SSSR count). The number of anilines is 1. The number of halogens is 1. The highest BCUT2D eigenvalue weighted by Crippen LogP contribution is 2.23. The summed E-state index contributed by atoms with van der Waals surface area (Å²) in [5.74, 6) is 0.767. The molecule has 68 valence electrons. The maximum atomic E-state index is 5.35. The summed E-state index contributed by atoms with van der Waals surface area (Å²) in [5, 5.41) is 0. The monoisotopic (exact) mass is 290 g/mol. The summed E-state index contributed by atoms with van der Waals surface area (Å²) < 4.78 is 13.2. The molecule has 0 amide bonds. The predicted molar refractivity (Wildman–Crippen MR) is 58.2 cm³/mol. The van der Waals surface area contributed by atoms with Gasteiger partial charge < -0.3 is 9.15 Å². The molecule has 0 fully saturated rings. The molecule has 0 radical (unpaired) electrons. The lowest BCUT2D eigenvalue weighted by molar-refractivity contribution is 0.414. The van der Waals surface area contributed by atoms with Crippen LogP contribution in [0.3, 0.4) is 0 Å². The average Bonchev–Trinajstić information content (AvgIpc) is 2.58. The van der Waals surface area contributed by atoms with Crippen LogP contribution < -0.4 is 8.27 Å². The maximum absolute atomic E-state index is 5.35. The summed E-state index contributed by atoms with van der Waals surface area (Å²) in [5.41, 5.74) is 1.54. The number of fused-ring (bicyclic) bond motifs is 1. The molecule has 1 aromatic carbocycles. The van der Waals surface area contributed by atoms with Gasteiger partial charge in [-0.25, -0.2) is 0 Å². The molecule has 0 aliphatic heterocycles. The minimum Gasteiger partial charge on any atom is -0.497 e. The molecule has 0 aliphatic carbocycles. The summed E-state index contributed by atoms with van der Waals surface area (Å²) in [6.45, 7) is 0. The van der Waals surface area contributed by atoms with Crippen LogP contribution in [-0.4, -0.2) is 12.1 Å². The van der Waals surface area contributed by atoms with E-state index in [-0.39, 0.29) is 0 Å². The second-order valence-electron chi connectivity index (χ2n) is 2.45. The molecule has 1 heterocycles. The third kappa shape index (κ3) is 1.55. The zero-order valence-corrected chi connectivity index (χ0v) is 9.03. The molecular weight excluding hydrogens is 283 g/mol. The van der Waals surface area contributed by atoms with E-state index in [1.54, 1.807) is 13.2 Å². The van der Waals surface area contributed by atoms with E-state index >= 15 is 0 Å². The van der Waals surface area contributed by atoms with Crippen LogP contribution in [0.5, 0.6) is 5.75 Å². The molecule has 4 nitrogen and oxygen atoms in total. The van der Waals surface area contributed by atoms with E-state index in [9.17, 15) is 0 Å². The van der Waals surface area contributed by atoms with Gasteiger partial charge in [0.05, 0.1) is 30.0 Å². The zero-order chi connectivity index (χ0) is 9.26. The first-order valence-electron chi connectivity index (χ1n) is 3.64. The number of benzene rings is 1. The highest BCUT2D eigenvalue weighted by molar-refractivity contribution is 14.1. The van der Waals surface area contributed by atoms with Crippen molar-refractivity contribution in [1.82, 2.24) is 4.98 Å². The molecular formula is C8H7IN2O2. The Balaban J connectivity index is 2.57. The Bertz CT molecular complexity index is 425. The van der Waals surface area contributed by atoms with Gasteiger partial charge in [0.15, 0.2) is 5.58 Å². The molecule has 0 unspecified atom stereocenters. The number of nitrogens with zero attached hydrogens (tertiary/aromatic N) is 1. The van der Waals surface area contributed by atoms with Gasteiger partial charge in [-0.1, -0.05) is 0 Å². The first kappa shape index (κ1) is 8.61. The van der Waals surface area contributed by atoms with Crippen molar-refractivity contribution in [1.29, 1.82) is 0 Å². The molecule has 0 saturated carbocycles. The van der Waals surface area contributed by atoms with Gasteiger partial charge in [0, 0.05) is 6.07 Å². The molecule has 0 bridgehead atoms. The standard InChI is InChI=1S/C8H7IN2O2/c1-12-5-2-3-6-7(4-5)13-8(10-6)11-9/h2-4H,1H3,(H,10,11). The Morgan fingerprint density at radius 1 is 1.54 bits per heavy atom. The highest BCUT2D eigenvalue weighted by atomic mass is 127. The number of nitrogens with one attached hydrogen (secondary N) is 1. The number of methoxy groups -OCH3 is 1. The van der Waals surface area contributed by atoms with Crippen LogP contribution in [0, 0.1) is 0 Å². The third-order valence-electron chi connectivity index (χ3n) is 1.68. The van der Waals surface area contributed by atoms with Crippen LogP contribution in [0.4, 0.5) is 6.01 Å². The van der Waals surface area contributed by atoms with Gasteiger partial charge in [-0.3, -0.25) is 3.53 Å². The minimum absolute atomic E-state index is 0.504. The Morgan fingerprint density at radius 2 is 2.38 bits per heavy atom. The van der Waals surface area contributed by atoms with Gasteiger partial charge in [-0.15, -0.1) is 0 Å². The first-order valence-corrected chi connectivity index (χ1v) is 4.72. The van der Waals surface area contributed by atoms with E-state index in [0.717, 1.165) is 16.8 Å². The van der Waals surface area contributed by atoms with Gasteiger partial charge >= 0.3 is 6.01 Å². The smallest absolute Gasteiger partial charge is 0.304 e. The van der Waals surface area contributed by atoms with E-state index < -0.39 is 0 Å². The summed E-state index contributed by atoms with van der Waals surface area (Å²) in [6.07, 6.45) is 0. The van der Waals surface area contributed by atoms with E-state index in [2.05, 4.69) is 8.51 Å². The number of hydrogen-bond donors (Lipinski definition) is 1. The van der Waals surface area contributed by atoms with Crippen molar-refractivity contribution < 1.29 is 9.15 Å². The molecule has 0 spiro atoms. The van der Waals surface area contributed by atoms with Crippen LogP contribution in [-0.2, 0) is 0 Å². The third-order valence-corrected chi connectivity index (χ3v) is 2.14. The minimum atomic E-state index is 0.504. The Hall–Kier alpha value is -0.980. The van der Waals surface area contributed by atoms with Crippen LogP contribution in [0.1, 0.15) is 0 Å². The summed E-state index contributed by atoms with van der Waals surface area (Å²) in [6, 6.07) is 6.01. The van der Waals surface area contributed by atoms with Crippen molar-refractivity contribution in [2.24, 2.45) is 0 Å². The fourth-order valence-corrected chi connectivity index (χ4v) is 1.30. The first-order chi connectivity index (χ1) is 6.33. The topological polar surface area (TPSA) is 47.3 Å². The van der Waals surface area contributed by atoms with Crippen molar-refractivity contribution in [2.75, 3.05) is 10.6 Å². The van der Waals surface area contributed by atoms with E-state index in [4.69, 9.17) is 9.15 Å². The Labute approximate surface area is 88.8 Å². The van der Waals surface area contributed by atoms with Crippen LogP contribution in [0.25, 0.3) is 11.1 Å². The molecule has 0 atom stereocenters. The summed E-state index contributed by atoms with van der Waals surface area (Å²) in [4.78, 5) is 4.17. The fraction of sp³-hybridized carbons (Fsp3) is 0.125. The molecule has 13 heavy (non-hydrogen) atoms. The van der Waals surface area contributed by atoms with E-state index in [1.807, 2.05) is 35.0 Å². The van der Waals surface area contributed by atoms with Gasteiger partial charge in [0.2, 0.25) is 0 Å². The average molecular weight is 290 g/mol. The highest BCUT2D eigenvalue weighted by Gasteiger charge is 2.04. The Kier molecular flexibility index (Phi) is 2.26. The van der Waals surface area contributed by atoms with Gasteiger partial charge in [0.1, 0.15) is 11.3 Å². The van der Waals surface area contributed by atoms with Crippen molar-refractivity contribution in [2.45, 2.75) is 0 Å². The Morgan fingerprint density at radius 3 is 3.08 bits per heavy atom. The quantitative estimate of drug-likeness (QED) is 0.682. The summed E-state index contributed by atoms with van der Waals surface area (Å²) >= 11 is 1.97. The molecule has 0 saturated heterocycles. The van der Waals surface area contributed by atoms with Crippen molar-refractivity contribution in [3.05, 3.63) is 18.2 Å². The van der Waals surface area contributed by atoms with Crippen molar-refractivity contribution >= 4 is 40.0 Å². The molecule has 1 N–H and O–H groups in total. The molecule has 5 heteroatoms. The van der Waals surface area contributed by atoms with E-state index in [1.165, 1.54) is 0 Å². The van der Waals surface area contributed by atoms with Crippen LogP contribution in [0.2, 0.25) is 0 Å². The largest absolute Gasteiger partial charge is 0.497 e. The van der Waals surface area contributed by atoms with E-state index in [0.29, 0.717) is 6.01 Å². The van der Waals surface area contributed by atoms with Crippen molar-refractivity contribution in [3.8, 4) is 5.75 Å². The lowest BCUT2D eigenvalue weighted by atomic mass is 10.3. The second kappa shape index (κ2) is 3.41.